The van der Waals surface area contributed by atoms with Gasteiger partial charge in [-0.15, -0.1) is 9.24 Å². The van der Waals surface area contributed by atoms with Gasteiger partial charge < -0.3 is 5.11 Å². The summed E-state index contributed by atoms with van der Waals surface area (Å²) in [6, 6.07) is 4.51. The van der Waals surface area contributed by atoms with Gasteiger partial charge in [-0.2, -0.15) is 0 Å². The fraction of sp³-hybridized carbons (Fsp3) is 0.667. The number of aliphatic hydroxyl groups is 1. The summed E-state index contributed by atoms with van der Waals surface area (Å²) in [6.07, 6.45) is 5.61. The Kier molecular flexibility index (Phi) is 6.69. The van der Waals surface area contributed by atoms with Crippen LogP contribution in [-0.2, 0) is 6.42 Å². The van der Waals surface area contributed by atoms with Crippen molar-refractivity contribution < 1.29 is 5.11 Å². The smallest absolute Gasteiger partial charge is 0.0591 e. The number of rotatable bonds is 7. The van der Waals surface area contributed by atoms with Gasteiger partial charge in [0.25, 0.3) is 0 Å². The monoisotopic (exact) mass is 294 g/mol. The standard InChI is InChI=1S/C18H31OP/c1-13(7-6-12-18(4,5)19)8-10-16-11-9-14(2)15(3)17(16)20/h9,11,13,19H,6-8,10,12,20H2,1-5H3. The van der Waals surface area contributed by atoms with Crippen molar-refractivity contribution in [3.8, 4) is 0 Å². The third-order valence-corrected chi connectivity index (χ3v) is 5.07. The van der Waals surface area contributed by atoms with Gasteiger partial charge in [-0.25, -0.2) is 0 Å². The summed E-state index contributed by atoms with van der Waals surface area (Å²) in [5.41, 5.74) is 3.73. The molecule has 0 radical (unpaired) electrons. The molecule has 1 aromatic rings. The Labute approximate surface area is 127 Å². The summed E-state index contributed by atoms with van der Waals surface area (Å²) >= 11 is 0. The Morgan fingerprint density at radius 1 is 1.20 bits per heavy atom. The van der Waals surface area contributed by atoms with E-state index in [1.54, 1.807) is 0 Å². The minimum atomic E-state index is -0.513. The molecule has 1 aromatic carbocycles. The summed E-state index contributed by atoms with van der Waals surface area (Å²) in [7, 11) is 2.90. The molecule has 0 saturated heterocycles. The number of hydrogen-bond donors (Lipinski definition) is 1. The molecule has 0 fully saturated rings. The van der Waals surface area contributed by atoms with E-state index in [0.29, 0.717) is 0 Å². The van der Waals surface area contributed by atoms with Crippen molar-refractivity contribution in [3.63, 3.8) is 0 Å². The molecular weight excluding hydrogens is 263 g/mol. The fourth-order valence-electron chi connectivity index (χ4n) is 2.54. The van der Waals surface area contributed by atoms with Crippen LogP contribution in [-0.4, -0.2) is 10.7 Å². The topological polar surface area (TPSA) is 20.2 Å². The molecule has 0 aliphatic rings. The van der Waals surface area contributed by atoms with E-state index in [1.807, 2.05) is 13.8 Å². The summed E-state index contributed by atoms with van der Waals surface area (Å²) < 4.78 is 0. The van der Waals surface area contributed by atoms with E-state index in [-0.39, 0.29) is 0 Å². The first-order valence-electron chi connectivity index (χ1n) is 7.77. The average molecular weight is 294 g/mol. The quantitative estimate of drug-likeness (QED) is 0.743. The maximum Gasteiger partial charge on any atom is 0.0591 e. The van der Waals surface area contributed by atoms with E-state index >= 15 is 0 Å². The molecule has 0 aliphatic carbocycles. The van der Waals surface area contributed by atoms with Gasteiger partial charge in [0.2, 0.25) is 0 Å². The van der Waals surface area contributed by atoms with Gasteiger partial charge in [0.05, 0.1) is 5.60 Å². The Bertz CT molecular complexity index is 432. The van der Waals surface area contributed by atoms with Crippen molar-refractivity contribution in [2.75, 3.05) is 0 Å². The minimum Gasteiger partial charge on any atom is -0.390 e. The van der Waals surface area contributed by atoms with Crippen LogP contribution >= 0.6 is 9.24 Å². The number of aryl methyl sites for hydroxylation is 2. The molecular formula is C18H31OP. The molecule has 2 unspecified atom stereocenters. The average Bonchev–Trinajstić information content (AvgIpc) is 2.33. The Morgan fingerprint density at radius 2 is 1.85 bits per heavy atom. The molecule has 0 saturated carbocycles. The molecule has 0 amide bonds. The van der Waals surface area contributed by atoms with Crippen LogP contribution in [0.15, 0.2) is 12.1 Å². The molecule has 20 heavy (non-hydrogen) atoms. The molecule has 0 spiro atoms. The highest BCUT2D eigenvalue weighted by molar-refractivity contribution is 7.27. The SMILES string of the molecule is Cc1ccc(CCC(C)CCCC(C)(C)O)c(P)c1C. The van der Waals surface area contributed by atoms with E-state index < -0.39 is 5.60 Å². The van der Waals surface area contributed by atoms with Crippen LogP contribution in [0.5, 0.6) is 0 Å². The van der Waals surface area contributed by atoms with Crippen LogP contribution in [0.2, 0.25) is 0 Å². The Hall–Kier alpha value is -0.390. The molecule has 2 atom stereocenters. The molecule has 2 heteroatoms. The highest BCUT2D eigenvalue weighted by Crippen LogP contribution is 2.20. The number of hydrogen-bond acceptors (Lipinski definition) is 1. The summed E-state index contributed by atoms with van der Waals surface area (Å²) in [5.74, 6) is 0.725. The van der Waals surface area contributed by atoms with Crippen molar-refractivity contribution in [2.24, 2.45) is 5.92 Å². The van der Waals surface area contributed by atoms with Gasteiger partial charge in [0.1, 0.15) is 0 Å². The van der Waals surface area contributed by atoms with Crippen molar-refractivity contribution in [1.82, 2.24) is 0 Å². The van der Waals surface area contributed by atoms with Gasteiger partial charge in [-0.3, -0.25) is 0 Å². The zero-order chi connectivity index (χ0) is 15.3. The third kappa shape index (κ3) is 5.94. The van der Waals surface area contributed by atoms with E-state index in [4.69, 9.17) is 0 Å². The minimum absolute atomic E-state index is 0.513. The van der Waals surface area contributed by atoms with E-state index in [2.05, 4.69) is 42.1 Å². The van der Waals surface area contributed by atoms with Crippen molar-refractivity contribution in [1.29, 1.82) is 0 Å². The van der Waals surface area contributed by atoms with Crippen molar-refractivity contribution in [3.05, 3.63) is 28.8 Å². The number of benzene rings is 1. The zero-order valence-electron chi connectivity index (χ0n) is 13.8. The Balaban J connectivity index is 2.42. The van der Waals surface area contributed by atoms with E-state index in [9.17, 15) is 5.11 Å². The predicted octanol–water partition coefficient (Wildman–Crippen LogP) is 4.31. The summed E-state index contributed by atoms with van der Waals surface area (Å²) in [5, 5.41) is 11.1. The molecule has 0 aromatic heterocycles. The van der Waals surface area contributed by atoms with Crippen LogP contribution in [0, 0.1) is 19.8 Å². The van der Waals surface area contributed by atoms with Crippen LogP contribution in [0.1, 0.15) is 63.1 Å². The van der Waals surface area contributed by atoms with Crippen LogP contribution in [0.4, 0.5) is 0 Å². The van der Waals surface area contributed by atoms with E-state index in [1.165, 1.54) is 34.8 Å². The summed E-state index contributed by atoms with van der Waals surface area (Å²) in [6.45, 7) is 10.5. The van der Waals surface area contributed by atoms with Gasteiger partial charge >= 0.3 is 0 Å². The molecule has 1 nitrogen and oxygen atoms in total. The molecule has 1 rings (SSSR count). The second kappa shape index (κ2) is 7.57. The maximum atomic E-state index is 9.73. The van der Waals surface area contributed by atoms with Gasteiger partial charge in [0, 0.05) is 0 Å². The predicted molar refractivity (Wildman–Crippen MR) is 92.9 cm³/mol. The largest absolute Gasteiger partial charge is 0.390 e. The molecule has 114 valence electrons. The third-order valence-electron chi connectivity index (χ3n) is 4.27. The highest BCUT2D eigenvalue weighted by atomic mass is 31.0. The lowest BCUT2D eigenvalue weighted by Gasteiger charge is -2.19. The van der Waals surface area contributed by atoms with Crippen molar-refractivity contribution >= 4 is 14.5 Å². The molecule has 0 aliphatic heterocycles. The van der Waals surface area contributed by atoms with Gasteiger partial charge in [-0.1, -0.05) is 31.9 Å². The van der Waals surface area contributed by atoms with E-state index in [0.717, 1.165) is 25.2 Å². The normalized spacial score (nSPS) is 13.6. The Morgan fingerprint density at radius 3 is 2.45 bits per heavy atom. The molecule has 0 heterocycles. The molecule has 0 bridgehead atoms. The second-order valence-electron chi connectivity index (χ2n) is 6.93. The maximum absolute atomic E-state index is 9.73. The lowest BCUT2D eigenvalue weighted by atomic mass is 9.92. The highest BCUT2D eigenvalue weighted by Gasteiger charge is 2.13. The van der Waals surface area contributed by atoms with Crippen LogP contribution in [0.25, 0.3) is 0 Å². The first-order chi connectivity index (χ1) is 9.20. The fourth-order valence-corrected chi connectivity index (χ4v) is 3.01. The van der Waals surface area contributed by atoms with Crippen LogP contribution in [0.3, 0.4) is 0 Å². The first-order valence-corrected chi connectivity index (χ1v) is 8.35. The lowest BCUT2D eigenvalue weighted by Crippen LogP contribution is -2.18. The van der Waals surface area contributed by atoms with Gasteiger partial charge in [-0.05, 0) is 74.9 Å². The second-order valence-corrected chi connectivity index (χ2v) is 7.51. The first kappa shape index (κ1) is 17.7. The van der Waals surface area contributed by atoms with Crippen molar-refractivity contribution in [2.45, 2.75) is 72.3 Å². The van der Waals surface area contributed by atoms with Crippen LogP contribution < -0.4 is 5.30 Å². The van der Waals surface area contributed by atoms with Gasteiger partial charge in [0.15, 0.2) is 0 Å². The molecule has 1 N–H and O–H groups in total. The summed E-state index contributed by atoms with van der Waals surface area (Å²) in [4.78, 5) is 0. The lowest BCUT2D eigenvalue weighted by molar-refractivity contribution is 0.0669. The zero-order valence-corrected chi connectivity index (χ0v) is 14.9.